The second-order valence-electron chi connectivity index (χ2n) is 3.32. The molecule has 0 bridgehead atoms. The van der Waals surface area contributed by atoms with Crippen molar-refractivity contribution in [2.24, 2.45) is 0 Å². The van der Waals surface area contributed by atoms with Crippen LogP contribution in [0.25, 0.3) is 0 Å². The molecule has 58 valence electrons. The van der Waals surface area contributed by atoms with Crippen molar-refractivity contribution in [1.29, 1.82) is 0 Å². The highest BCUT2D eigenvalue weighted by molar-refractivity contribution is 4.99. The van der Waals surface area contributed by atoms with Gasteiger partial charge in [0.2, 0.25) is 0 Å². The number of nitrogens with one attached hydrogen (secondary N) is 1. The predicted octanol–water partition coefficient (Wildman–Crippen LogP) is -0.710. The van der Waals surface area contributed by atoms with E-state index in [1.165, 1.54) is 0 Å². The van der Waals surface area contributed by atoms with Crippen molar-refractivity contribution in [3.63, 3.8) is 0 Å². The molecule has 2 aliphatic heterocycles. The smallest absolute Gasteiger partial charge is 0.0802 e. The van der Waals surface area contributed by atoms with Crippen LogP contribution in [0.4, 0.5) is 0 Å². The molecule has 2 aliphatic rings. The highest BCUT2D eigenvalue weighted by Crippen LogP contribution is 2.24. The van der Waals surface area contributed by atoms with Gasteiger partial charge in [-0.25, -0.2) is 0 Å². The summed E-state index contributed by atoms with van der Waals surface area (Å²) in [7, 11) is 2.18. The Kier molecular flexibility index (Phi) is 1.44. The monoisotopic (exact) mass is 142 g/mol. The van der Waals surface area contributed by atoms with Crippen LogP contribution in [0, 0.1) is 0 Å². The first-order valence-corrected chi connectivity index (χ1v) is 3.83. The molecule has 2 saturated heterocycles. The standard InChI is InChI=1S/C7H14N2O/c1-9-3-2-8-4-7(9)5-10-6-7/h8H,2-6H2,1H3. The Morgan fingerprint density at radius 3 is 2.70 bits per heavy atom. The Morgan fingerprint density at radius 1 is 1.50 bits per heavy atom. The fourth-order valence-electron chi connectivity index (χ4n) is 1.60. The van der Waals surface area contributed by atoms with Crippen molar-refractivity contribution in [3.8, 4) is 0 Å². The average molecular weight is 142 g/mol. The molecule has 2 rings (SSSR count). The first kappa shape index (κ1) is 6.58. The van der Waals surface area contributed by atoms with Gasteiger partial charge in [0, 0.05) is 19.6 Å². The van der Waals surface area contributed by atoms with Crippen LogP contribution in [-0.2, 0) is 4.74 Å². The maximum atomic E-state index is 5.20. The first-order valence-electron chi connectivity index (χ1n) is 3.83. The fourth-order valence-corrected chi connectivity index (χ4v) is 1.60. The molecule has 0 aromatic carbocycles. The lowest BCUT2D eigenvalue weighted by Crippen LogP contribution is -2.69. The summed E-state index contributed by atoms with van der Waals surface area (Å²) in [6.45, 7) is 5.21. The highest BCUT2D eigenvalue weighted by Gasteiger charge is 2.43. The van der Waals surface area contributed by atoms with Crippen molar-refractivity contribution in [2.45, 2.75) is 5.54 Å². The normalized spacial score (nSPS) is 32.1. The first-order chi connectivity index (χ1) is 4.83. The van der Waals surface area contributed by atoms with Gasteiger partial charge in [0.1, 0.15) is 0 Å². The molecule has 0 unspecified atom stereocenters. The topological polar surface area (TPSA) is 24.5 Å². The van der Waals surface area contributed by atoms with Crippen LogP contribution < -0.4 is 5.32 Å². The Hall–Kier alpha value is -0.120. The summed E-state index contributed by atoms with van der Waals surface area (Å²) in [5.74, 6) is 0. The fraction of sp³-hybridized carbons (Fsp3) is 1.00. The van der Waals surface area contributed by atoms with E-state index in [1.54, 1.807) is 0 Å². The summed E-state index contributed by atoms with van der Waals surface area (Å²) in [4.78, 5) is 2.41. The SMILES string of the molecule is CN1CCNCC12COC2. The van der Waals surface area contributed by atoms with Gasteiger partial charge in [-0.3, -0.25) is 4.90 Å². The van der Waals surface area contributed by atoms with Gasteiger partial charge in [-0.05, 0) is 7.05 Å². The predicted molar refractivity (Wildman–Crippen MR) is 39.0 cm³/mol. The van der Waals surface area contributed by atoms with Gasteiger partial charge in [0.05, 0.1) is 18.8 Å². The maximum absolute atomic E-state index is 5.20. The van der Waals surface area contributed by atoms with Gasteiger partial charge in [-0.15, -0.1) is 0 Å². The van der Waals surface area contributed by atoms with Gasteiger partial charge in [0.25, 0.3) is 0 Å². The highest BCUT2D eigenvalue weighted by atomic mass is 16.5. The largest absolute Gasteiger partial charge is 0.377 e. The van der Waals surface area contributed by atoms with Crippen molar-refractivity contribution in [1.82, 2.24) is 10.2 Å². The van der Waals surface area contributed by atoms with E-state index < -0.39 is 0 Å². The molecule has 0 radical (unpaired) electrons. The summed E-state index contributed by atoms with van der Waals surface area (Å²) in [6.07, 6.45) is 0. The van der Waals surface area contributed by atoms with E-state index in [0.717, 1.165) is 32.8 Å². The van der Waals surface area contributed by atoms with Crippen LogP contribution in [0.15, 0.2) is 0 Å². The third kappa shape index (κ3) is 0.779. The lowest BCUT2D eigenvalue weighted by Gasteiger charge is -2.51. The lowest BCUT2D eigenvalue weighted by atomic mass is 9.93. The Balaban J connectivity index is 2.03. The summed E-state index contributed by atoms with van der Waals surface area (Å²) >= 11 is 0. The van der Waals surface area contributed by atoms with Crippen LogP contribution in [0.2, 0.25) is 0 Å². The Morgan fingerprint density at radius 2 is 2.30 bits per heavy atom. The molecular weight excluding hydrogens is 128 g/mol. The second kappa shape index (κ2) is 2.19. The van der Waals surface area contributed by atoms with E-state index in [2.05, 4.69) is 17.3 Å². The zero-order chi connectivity index (χ0) is 7.03. The quantitative estimate of drug-likeness (QED) is 0.483. The summed E-state index contributed by atoms with van der Waals surface area (Å²) in [5.41, 5.74) is 0.359. The van der Waals surface area contributed by atoms with Crippen molar-refractivity contribution < 1.29 is 4.74 Å². The van der Waals surface area contributed by atoms with Gasteiger partial charge in [-0.1, -0.05) is 0 Å². The van der Waals surface area contributed by atoms with Crippen LogP contribution in [0.1, 0.15) is 0 Å². The number of piperazine rings is 1. The molecule has 3 nitrogen and oxygen atoms in total. The second-order valence-corrected chi connectivity index (χ2v) is 3.32. The van der Waals surface area contributed by atoms with Gasteiger partial charge in [-0.2, -0.15) is 0 Å². The lowest BCUT2D eigenvalue weighted by molar-refractivity contribution is -0.139. The van der Waals surface area contributed by atoms with E-state index in [4.69, 9.17) is 4.74 Å². The molecule has 10 heavy (non-hydrogen) atoms. The third-order valence-corrected chi connectivity index (χ3v) is 2.63. The number of ether oxygens (including phenoxy) is 1. The molecule has 0 aliphatic carbocycles. The van der Waals surface area contributed by atoms with Crippen LogP contribution in [0.3, 0.4) is 0 Å². The molecule has 0 atom stereocenters. The molecule has 1 N–H and O–H groups in total. The molecule has 1 spiro atoms. The van der Waals surface area contributed by atoms with E-state index in [-0.39, 0.29) is 0 Å². The van der Waals surface area contributed by atoms with Crippen molar-refractivity contribution in [2.75, 3.05) is 39.9 Å². The molecule has 2 heterocycles. The number of likely N-dealkylation sites (N-methyl/N-ethyl adjacent to an activating group) is 1. The van der Waals surface area contributed by atoms with Crippen LogP contribution in [-0.4, -0.2) is 50.3 Å². The minimum Gasteiger partial charge on any atom is -0.377 e. The van der Waals surface area contributed by atoms with Crippen LogP contribution >= 0.6 is 0 Å². The van der Waals surface area contributed by atoms with Gasteiger partial charge >= 0.3 is 0 Å². The summed E-state index contributed by atoms with van der Waals surface area (Å²) < 4.78 is 5.20. The summed E-state index contributed by atoms with van der Waals surface area (Å²) in [6, 6.07) is 0. The van der Waals surface area contributed by atoms with Gasteiger partial charge in [0.15, 0.2) is 0 Å². The minimum absolute atomic E-state index is 0.359. The number of nitrogens with zero attached hydrogens (tertiary/aromatic N) is 1. The molecule has 0 aromatic rings. The maximum Gasteiger partial charge on any atom is 0.0802 e. The minimum atomic E-state index is 0.359. The Bertz CT molecular complexity index is 134. The molecular formula is C7H14N2O. The zero-order valence-corrected chi connectivity index (χ0v) is 6.39. The summed E-state index contributed by atoms with van der Waals surface area (Å²) in [5, 5.41) is 3.39. The number of rotatable bonds is 0. The van der Waals surface area contributed by atoms with E-state index in [9.17, 15) is 0 Å². The zero-order valence-electron chi connectivity index (χ0n) is 6.39. The van der Waals surface area contributed by atoms with E-state index in [1.807, 2.05) is 0 Å². The number of hydrogen-bond donors (Lipinski definition) is 1. The molecule has 3 heteroatoms. The molecule has 0 aromatic heterocycles. The number of hydrogen-bond acceptors (Lipinski definition) is 3. The molecule has 2 fully saturated rings. The molecule has 0 amide bonds. The van der Waals surface area contributed by atoms with E-state index >= 15 is 0 Å². The van der Waals surface area contributed by atoms with E-state index in [0.29, 0.717) is 5.54 Å². The average Bonchev–Trinajstić information content (AvgIpc) is 1.85. The van der Waals surface area contributed by atoms with Gasteiger partial charge < -0.3 is 10.1 Å². The van der Waals surface area contributed by atoms with Crippen LogP contribution in [0.5, 0.6) is 0 Å². The molecule has 0 saturated carbocycles. The third-order valence-electron chi connectivity index (χ3n) is 2.63. The van der Waals surface area contributed by atoms with Crippen molar-refractivity contribution in [3.05, 3.63) is 0 Å². The van der Waals surface area contributed by atoms with Crippen molar-refractivity contribution >= 4 is 0 Å². The Labute approximate surface area is 61.3 Å².